The standard InChI is InChI=1S/C28H24N2O6/c1-32-21-14-25(33-2)27(26(15-21)34-3)22(31)11-9-19-16-30(20-7-5-4-6-8-20)29-28(19)18-10-12-23-24(13-18)36-17-35-23/h4-16H,17H2,1-3H3/b11-9+. The Balaban J connectivity index is 1.56. The topological polar surface area (TPSA) is 81.0 Å². The lowest BCUT2D eigenvalue weighted by atomic mass is 10.0. The summed E-state index contributed by atoms with van der Waals surface area (Å²) in [5.41, 5.74) is 3.47. The number of ether oxygens (including phenoxy) is 5. The number of carbonyl (C=O) groups is 1. The summed E-state index contributed by atoms with van der Waals surface area (Å²) in [5.74, 6) is 2.30. The maximum absolute atomic E-state index is 13.3. The number of benzene rings is 3. The molecule has 8 nitrogen and oxygen atoms in total. The predicted molar refractivity (Wildman–Crippen MR) is 135 cm³/mol. The van der Waals surface area contributed by atoms with E-state index in [1.807, 2.05) is 54.7 Å². The summed E-state index contributed by atoms with van der Waals surface area (Å²) in [6, 6.07) is 18.7. The second kappa shape index (κ2) is 9.87. The van der Waals surface area contributed by atoms with Gasteiger partial charge in [-0.15, -0.1) is 0 Å². The van der Waals surface area contributed by atoms with E-state index in [1.165, 1.54) is 27.4 Å². The molecule has 36 heavy (non-hydrogen) atoms. The SMILES string of the molecule is COc1cc(OC)c(C(=O)/C=C/c2cn(-c3ccccc3)nc2-c2ccc3c(c2)OCO3)c(OC)c1. The molecule has 0 spiro atoms. The first-order chi connectivity index (χ1) is 17.6. The van der Waals surface area contributed by atoms with Crippen LogP contribution in [0.2, 0.25) is 0 Å². The van der Waals surface area contributed by atoms with Crippen molar-refractivity contribution >= 4 is 11.9 Å². The number of para-hydroxylation sites is 1. The van der Waals surface area contributed by atoms with Gasteiger partial charge in [-0.3, -0.25) is 4.79 Å². The summed E-state index contributed by atoms with van der Waals surface area (Å²) < 4.78 is 28.9. The molecule has 0 radical (unpaired) electrons. The number of aromatic nitrogens is 2. The minimum Gasteiger partial charge on any atom is -0.496 e. The van der Waals surface area contributed by atoms with Crippen LogP contribution in [0.1, 0.15) is 15.9 Å². The van der Waals surface area contributed by atoms with Gasteiger partial charge in [-0.2, -0.15) is 5.10 Å². The summed E-state index contributed by atoms with van der Waals surface area (Å²) in [5, 5.41) is 4.81. The third kappa shape index (κ3) is 4.36. The van der Waals surface area contributed by atoms with E-state index < -0.39 is 0 Å². The van der Waals surface area contributed by atoms with Crippen LogP contribution in [0.4, 0.5) is 0 Å². The smallest absolute Gasteiger partial charge is 0.231 e. The molecule has 182 valence electrons. The second-order valence-corrected chi connectivity index (χ2v) is 7.89. The minimum atomic E-state index is -0.282. The highest BCUT2D eigenvalue weighted by molar-refractivity contribution is 6.11. The van der Waals surface area contributed by atoms with Gasteiger partial charge in [0.25, 0.3) is 0 Å². The van der Waals surface area contributed by atoms with Crippen molar-refractivity contribution in [2.45, 2.75) is 0 Å². The first kappa shape index (κ1) is 23.0. The lowest BCUT2D eigenvalue weighted by Gasteiger charge is -2.13. The Hall–Kier alpha value is -4.72. The predicted octanol–water partition coefficient (Wildman–Crippen LogP) is 5.19. The van der Waals surface area contributed by atoms with Crippen molar-refractivity contribution in [3.63, 3.8) is 0 Å². The van der Waals surface area contributed by atoms with Crippen molar-refractivity contribution in [1.29, 1.82) is 0 Å². The highest BCUT2D eigenvalue weighted by atomic mass is 16.7. The molecule has 0 atom stereocenters. The Morgan fingerprint density at radius 1 is 0.917 bits per heavy atom. The number of rotatable bonds is 8. The van der Waals surface area contributed by atoms with Crippen LogP contribution in [-0.2, 0) is 0 Å². The molecule has 8 heteroatoms. The Labute approximate surface area is 208 Å². The lowest BCUT2D eigenvalue weighted by molar-refractivity contribution is 0.104. The molecule has 4 aromatic rings. The number of carbonyl (C=O) groups excluding carboxylic acids is 1. The number of fused-ring (bicyclic) bond motifs is 1. The van der Waals surface area contributed by atoms with Crippen LogP contribution in [0.15, 0.2) is 72.9 Å². The normalized spacial score (nSPS) is 12.1. The molecule has 2 heterocycles. The fraction of sp³-hybridized carbons (Fsp3) is 0.143. The summed E-state index contributed by atoms with van der Waals surface area (Å²) in [6.07, 6.45) is 5.09. The Morgan fingerprint density at radius 2 is 1.64 bits per heavy atom. The van der Waals surface area contributed by atoms with Crippen molar-refractivity contribution in [2.75, 3.05) is 28.1 Å². The maximum Gasteiger partial charge on any atom is 0.231 e. The quantitative estimate of drug-likeness (QED) is 0.251. The van der Waals surface area contributed by atoms with E-state index in [1.54, 1.807) is 22.9 Å². The molecular formula is C28H24N2O6. The van der Waals surface area contributed by atoms with E-state index in [0.29, 0.717) is 40.0 Å². The number of methoxy groups -OCH3 is 3. The third-order valence-electron chi connectivity index (χ3n) is 5.78. The van der Waals surface area contributed by atoms with Gasteiger partial charge in [-0.05, 0) is 42.5 Å². The van der Waals surface area contributed by atoms with Gasteiger partial charge in [-0.25, -0.2) is 4.68 Å². The van der Waals surface area contributed by atoms with Gasteiger partial charge in [0.15, 0.2) is 17.3 Å². The zero-order valence-corrected chi connectivity index (χ0v) is 20.1. The van der Waals surface area contributed by atoms with Gasteiger partial charge in [0.2, 0.25) is 6.79 Å². The van der Waals surface area contributed by atoms with Crippen molar-refractivity contribution in [3.05, 3.63) is 84.1 Å². The molecular weight excluding hydrogens is 460 g/mol. The van der Waals surface area contributed by atoms with Crippen LogP contribution < -0.4 is 23.7 Å². The molecule has 1 aliphatic heterocycles. The van der Waals surface area contributed by atoms with Gasteiger partial charge in [0.05, 0.1) is 27.0 Å². The van der Waals surface area contributed by atoms with Crippen molar-refractivity contribution < 1.29 is 28.5 Å². The highest BCUT2D eigenvalue weighted by Gasteiger charge is 2.20. The van der Waals surface area contributed by atoms with Gasteiger partial charge < -0.3 is 23.7 Å². The van der Waals surface area contributed by atoms with Crippen LogP contribution in [0.25, 0.3) is 23.0 Å². The fourth-order valence-electron chi connectivity index (χ4n) is 3.99. The molecule has 1 aliphatic rings. The zero-order chi connectivity index (χ0) is 25.1. The average Bonchev–Trinajstić information content (AvgIpc) is 3.58. The van der Waals surface area contributed by atoms with E-state index in [9.17, 15) is 4.79 Å². The summed E-state index contributed by atoms with van der Waals surface area (Å²) in [7, 11) is 4.53. The molecule has 0 N–H and O–H groups in total. The second-order valence-electron chi connectivity index (χ2n) is 7.89. The first-order valence-corrected chi connectivity index (χ1v) is 11.2. The van der Waals surface area contributed by atoms with Crippen LogP contribution in [0, 0.1) is 0 Å². The lowest BCUT2D eigenvalue weighted by Crippen LogP contribution is -2.03. The van der Waals surface area contributed by atoms with Crippen LogP contribution >= 0.6 is 0 Å². The molecule has 3 aromatic carbocycles. The molecule has 0 unspecified atom stereocenters. The monoisotopic (exact) mass is 484 g/mol. The molecule has 0 fully saturated rings. The Morgan fingerprint density at radius 3 is 2.33 bits per heavy atom. The third-order valence-corrected chi connectivity index (χ3v) is 5.78. The Bertz CT molecular complexity index is 1420. The molecule has 0 saturated carbocycles. The molecule has 5 rings (SSSR count). The number of allylic oxidation sites excluding steroid dienone is 1. The molecule has 0 bridgehead atoms. The fourth-order valence-corrected chi connectivity index (χ4v) is 3.99. The largest absolute Gasteiger partial charge is 0.496 e. The van der Waals surface area contributed by atoms with E-state index >= 15 is 0 Å². The first-order valence-electron chi connectivity index (χ1n) is 11.2. The molecule has 0 amide bonds. The van der Waals surface area contributed by atoms with Gasteiger partial charge in [0.1, 0.15) is 28.5 Å². The maximum atomic E-state index is 13.3. The molecule has 0 aliphatic carbocycles. The van der Waals surface area contributed by atoms with E-state index in [2.05, 4.69) is 0 Å². The number of hydrogen-bond acceptors (Lipinski definition) is 7. The zero-order valence-electron chi connectivity index (χ0n) is 20.1. The van der Waals surface area contributed by atoms with Gasteiger partial charge >= 0.3 is 0 Å². The minimum absolute atomic E-state index is 0.185. The highest BCUT2D eigenvalue weighted by Crippen LogP contribution is 2.37. The number of ketones is 1. The van der Waals surface area contributed by atoms with Gasteiger partial charge in [0, 0.05) is 29.5 Å². The van der Waals surface area contributed by atoms with Crippen molar-refractivity contribution in [3.8, 4) is 45.7 Å². The van der Waals surface area contributed by atoms with Crippen LogP contribution in [-0.4, -0.2) is 43.7 Å². The number of hydrogen-bond donors (Lipinski definition) is 0. The summed E-state index contributed by atoms with van der Waals surface area (Å²) >= 11 is 0. The van der Waals surface area contributed by atoms with Crippen LogP contribution in [0.5, 0.6) is 28.7 Å². The van der Waals surface area contributed by atoms with Crippen molar-refractivity contribution in [1.82, 2.24) is 9.78 Å². The number of nitrogens with zero attached hydrogens (tertiary/aromatic N) is 2. The van der Waals surface area contributed by atoms with Crippen molar-refractivity contribution in [2.24, 2.45) is 0 Å². The van der Waals surface area contributed by atoms with E-state index in [0.717, 1.165) is 16.8 Å². The van der Waals surface area contributed by atoms with Gasteiger partial charge in [-0.1, -0.05) is 18.2 Å². The van der Waals surface area contributed by atoms with Crippen LogP contribution in [0.3, 0.4) is 0 Å². The van der Waals surface area contributed by atoms with E-state index in [-0.39, 0.29) is 12.6 Å². The molecule has 1 aromatic heterocycles. The Kier molecular flexibility index (Phi) is 6.32. The van der Waals surface area contributed by atoms with E-state index in [4.69, 9.17) is 28.8 Å². The summed E-state index contributed by atoms with van der Waals surface area (Å²) in [4.78, 5) is 13.3. The molecule has 0 saturated heterocycles. The summed E-state index contributed by atoms with van der Waals surface area (Å²) in [6.45, 7) is 0.185. The average molecular weight is 485 g/mol.